The molecule has 2 N–H and O–H groups in total. The molecule has 0 fully saturated rings. The van der Waals surface area contributed by atoms with Crippen molar-refractivity contribution in [1.29, 1.82) is 0 Å². The van der Waals surface area contributed by atoms with Crippen molar-refractivity contribution in [2.75, 3.05) is 0 Å². The summed E-state index contributed by atoms with van der Waals surface area (Å²) in [5, 5.41) is 14.8. The molecule has 1 aromatic rings. The van der Waals surface area contributed by atoms with Crippen LogP contribution in [0.3, 0.4) is 0 Å². The summed E-state index contributed by atoms with van der Waals surface area (Å²) in [5.74, 6) is -3.65. The van der Waals surface area contributed by atoms with Gasteiger partial charge in [-0.3, -0.25) is 0 Å². The number of rotatable bonds is 7. The number of carboxylic acid groups (broad SMARTS) is 2. The lowest BCUT2D eigenvalue weighted by Crippen LogP contribution is -2.09. The van der Waals surface area contributed by atoms with E-state index >= 15 is 0 Å². The minimum atomic E-state index is -1.82. The Morgan fingerprint density at radius 2 is 1.32 bits per heavy atom. The van der Waals surface area contributed by atoms with Gasteiger partial charge in [-0.2, -0.15) is 0 Å². The summed E-state index contributed by atoms with van der Waals surface area (Å²) in [6.45, 7) is 4.75. The standard InChI is InChI=1S/C8H7ClO2.C8H18.C2H2O4/c9-8(10)11-6-7-4-2-1-3-5-7;1-3-5-7-8-6-4-2;3-1(4)2(5)6/h1-5H,6H2;3-8H2,1-2H3;(H,3,4)(H,5,6). The average Bonchev–Trinajstić information content (AvgIpc) is 2.59. The summed E-state index contributed by atoms with van der Waals surface area (Å²) in [6.07, 6.45) is 8.49. The van der Waals surface area contributed by atoms with Crippen LogP contribution < -0.4 is 0 Å². The molecular weight excluding hydrogens is 348 g/mol. The third kappa shape index (κ3) is 21.9. The van der Waals surface area contributed by atoms with Crippen LogP contribution >= 0.6 is 11.6 Å². The first-order valence-corrected chi connectivity index (χ1v) is 8.55. The molecule has 0 amide bonds. The highest BCUT2D eigenvalue weighted by Gasteiger charge is 2.04. The number of unbranched alkanes of at least 4 members (excludes halogenated alkanes) is 5. The zero-order chi connectivity index (χ0) is 19.5. The SMILES string of the molecule is CCCCCCCC.O=C(Cl)OCc1ccccc1.O=C(O)C(=O)O. The number of hydrogen-bond donors (Lipinski definition) is 2. The molecule has 0 bridgehead atoms. The Hall–Kier alpha value is -2.08. The summed E-state index contributed by atoms with van der Waals surface area (Å²) >= 11 is 4.97. The molecule has 142 valence electrons. The normalized spacial score (nSPS) is 8.92. The Bertz CT molecular complexity index is 458. The van der Waals surface area contributed by atoms with Crippen molar-refractivity contribution in [3.05, 3.63) is 35.9 Å². The molecule has 0 atom stereocenters. The van der Waals surface area contributed by atoms with Gasteiger partial charge in [-0.05, 0) is 5.56 Å². The van der Waals surface area contributed by atoms with Crippen molar-refractivity contribution in [1.82, 2.24) is 0 Å². The molecule has 0 spiro atoms. The first-order valence-electron chi connectivity index (χ1n) is 8.17. The van der Waals surface area contributed by atoms with Gasteiger partial charge in [-0.1, -0.05) is 82.7 Å². The maximum absolute atomic E-state index is 10.2. The molecule has 0 aliphatic rings. The fourth-order valence-electron chi connectivity index (χ4n) is 1.57. The predicted octanol–water partition coefficient (Wildman–Crippen LogP) is 5.08. The quantitative estimate of drug-likeness (QED) is 0.392. The van der Waals surface area contributed by atoms with Gasteiger partial charge in [0.2, 0.25) is 0 Å². The molecule has 0 aliphatic heterocycles. The molecular formula is C18H27ClO6. The van der Waals surface area contributed by atoms with Crippen LogP contribution in [-0.4, -0.2) is 27.6 Å². The van der Waals surface area contributed by atoms with Crippen molar-refractivity contribution in [2.24, 2.45) is 0 Å². The van der Waals surface area contributed by atoms with Gasteiger partial charge in [0.15, 0.2) is 0 Å². The number of halogens is 1. The van der Waals surface area contributed by atoms with Crippen LogP contribution in [0.5, 0.6) is 0 Å². The number of carbonyl (C=O) groups excluding carboxylic acids is 1. The fraction of sp³-hybridized carbons (Fsp3) is 0.500. The lowest BCUT2D eigenvalue weighted by Gasteiger charge is -1.98. The van der Waals surface area contributed by atoms with Gasteiger partial charge in [0, 0.05) is 11.6 Å². The minimum absolute atomic E-state index is 0.239. The molecule has 25 heavy (non-hydrogen) atoms. The van der Waals surface area contributed by atoms with E-state index in [1.165, 1.54) is 38.5 Å². The highest BCUT2D eigenvalue weighted by Crippen LogP contribution is 2.03. The monoisotopic (exact) mass is 374 g/mol. The molecule has 1 rings (SSSR count). The van der Waals surface area contributed by atoms with Gasteiger partial charge in [0.25, 0.3) is 0 Å². The van der Waals surface area contributed by atoms with E-state index in [-0.39, 0.29) is 6.61 Å². The number of hydrogen-bond acceptors (Lipinski definition) is 4. The first-order chi connectivity index (χ1) is 11.8. The third-order valence-electron chi connectivity index (χ3n) is 2.84. The lowest BCUT2D eigenvalue weighted by atomic mass is 10.1. The maximum atomic E-state index is 10.2. The highest BCUT2D eigenvalue weighted by molar-refractivity contribution is 6.61. The summed E-state index contributed by atoms with van der Waals surface area (Å²) < 4.78 is 4.55. The number of ether oxygens (including phenoxy) is 1. The number of aliphatic carboxylic acids is 2. The number of carbonyl (C=O) groups is 3. The minimum Gasteiger partial charge on any atom is -0.473 e. The van der Waals surface area contributed by atoms with Crippen LogP contribution in [0.2, 0.25) is 0 Å². The molecule has 6 nitrogen and oxygen atoms in total. The number of benzene rings is 1. The molecule has 0 unspecified atom stereocenters. The van der Waals surface area contributed by atoms with E-state index < -0.39 is 17.4 Å². The van der Waals surface area contributed by atoms with E-state index in [2.05, 4.69) is 18.6 Å². The van der Waals surface area contributed by atoms with Crippen LogP contribution in [0.1, 0.15) is 57.9 Å². The topological polar surface area (TPSA) is 101 Å². The zero-order valence-electron chi connectivity index (χ0n) is 14.7. The van der Waals surface area contributed by atoms with E-state index in [0.717, 1.165) is 5.56 Å². The van der Waals surface area contributed by atoms with Crippen LogP contribution in [-0.2, 0) is 20.9 Å². The summed E-state index contributed by atoms with van der Waals surface area (Å²) in [5.41, 5.74) is 0.162. The summed E-state index contributed by atoms with van der Waals surface area (Å²) in [7, 11) is 0. The molecule has 0 saturated heterocycles. The van der Waals surface area contributed by atoms with E-state index in [0.29, 0.717) is 0 Å². The van der Waals surface area contributed by atoms with Gasteiger partial charge in [0.05, 0.1) is 0 Å². The van der Waals surface area contributed by atoms with Gasteiger partial charge in [-0.15, -0.1) is 0 Å². The molecule has 0 aliphatic carbocycles. The smallest absolute Gasteiger partial charge is 0.414 e. The van der Waals surface area contributed by atoms with Crippen LogP contribution in [0.15, 0.2) is 30.3 Å². The Morgan fingerprint density at radius 3 is 1.64 bits per heavy atom. The second-order valence-electron chi connectivity index (χ2n) is 5.04. The molecule has 0 heterocycles. The Balaban J connectivity index is 0. The molecule has 0 saturated carbocycles. The molecule has 7 heteroatoms. The van der Waals surface area contributed by atoms with E-state index in [1.807, 2.05) is 30.3 Å². The Kier molecular flexibility index (Phi) is 18.4. The molecule has 0 radical (unpaired) electrons. The van der Waals surface area contributed by atoms with Gasteiger partial charge in [-0.25, -0.2) is 14.4 Å². The van der Waals surface area contributed by atoms with E-state index in [9.17, 15) is 4.79 Å². The lowest BCUT2D eigenvalue weighted by molar-refractivity contribution is -0.159. The first kappa shape index (κ1) is 25.2. The largest absolute Gasteiger partial charge is 0.473 e. The van der Waals surface area contributed by atoms with Crippen molar-refractivity contribution in [3.63, 3.8) is 0 Å². The summed E-state index contributed by atoms with van der Waals surface area (Å²) in [6, 6.07) is 9.36. The second-order valence-corrected chi connectivity index (χ2v) is 5.35. The Labute approximate surface area is 153 Å². The van der Waals surface area contributed by atoms with E-state index in [1.54, 1.807) is 0 Å². The van der Waals surface area contributed by atoms with Crippen molar-refractivity contribution < 1.29 is 29.3 Å². The molecule has 0 aromatic heterocycles. The van der Waals surface area contributed by atoms with Crippen LogP contribution in [0.4, 0.5) is 4.79 Å². The third-order valence-corrected chi connectivity index (χ3v) is 2.94. The van der Waals surface area contributed by atoms with Crippen LogP contribution in [0, 0.1) is 0 Å². The van der Waals surface area contributed by atoms with Crippen molar-refractivity contribution in [2.45, 2.75) is 59.0 Å². The van der Waals surface area contributed by atoms with Gasteiger partial charge >= 0.3 is 17.4 Å². The van der Waals surface area contributed by atoms with Crippen molar-refractivity contribution >= 4 is 29.0 Å². The average molecular weight is 375 g/mol. The highest BCUT2D eigenvalue weighted by atomic mass is 35.5. The van der Waals surface area contributed by atoms with Gasteiger partial charge < -0.3 is 14.9 Å². The van der Waals surface area contributed by atoms with Gasteiger partial charge in [0.1, 0.15) is 6.61 Å². The summed E-state index contributed by atoms with van der Waals surface area (Å²) in [4.78, 5) is 28.4. The fourth-order valence-corrected chi connectivity index (χ4v) is 1.62. The Morgan fingerprint density at radius 1 is 0.880 bits per heavy atom. The molecule has 1 aromatic carbocycles. The second kappa shape index (κ2) is 18.3. The predicted molar refractivity (Wildman–Crippen MR) is 96.8 cm³/mol. The number of carboxylic acids is 2. The van der Waals surface area contributed by atoms with Crippen LogP contribution in [0.25, 0.3) is 0 Å². The zero-order valence-corrected chi connectivity index (χ0v) is 15.5. The van der Waals surface area contributed by atoms with E-state index in [4.69, 9.17) is 31.4 Å². The maximum Gasteiger partial charge on any atom is 0.414 e. The van der Waals surface area contributed by atoms with Crippen molar-refractivity contribution in [3.8, 4) is 0 Å².